The molecule has 0 spiro atoms. The number of carbonyl (C=O) groups is 3. The van der Waals surface area contributed by atoms with Gasteiger partial charge in [-0.25, -0.2) is 0 Å². The molecule has 79 heavy (non-hydrogen) atoms. The SMILES string of the molecule is CCCCCCC/C=C\C/C=C\CCCCCCCCCCCCCC(=O)OC(COC(=O)CCCCCCCCC)COC(=O)CCCCCCCCCCCCCCCCCCCCCCCCCCCCCCCCC. The molecule has 1 atom stereocenters. The Balaban J connectivity index is 3.98. The molecule has 0 aromatic heterocycles. The fourth-order valence-corrected chi connectivity index (χ4v) is 11.1. The van der Waals surface area contributed by atoms with Gasteiger partial charge in [0.15, 0.2) is 6.10 Å². The highest BCUT2D eigenvalue weighted by Gasteiger charge is 2.19. The molecule has 0 rings (SSSR count). The molecule has 0 bridgehead atoms. The van der Waals surface area contributed by atoms with Crippen molar-refractivity contribution < 1.29 is 28.6 Å². The van der Waals surface area contributed by atoms with Crippen LogP contribution in [0, 0.1) is 0 Å². The molecule has 0 N–H and O–H groups in total. The number of hydrogen-bond donors (Lipinski definition) is 0. The zero-order valence-electron chi connectivity index (χ0n) is 53.7. The summed E-state index contributed by atoms with van der Waals surface area (Å²) >= 11 is 0. The topological polar surface area (TPSA) is 78.9 Å². The number of hydrogen-bond acceptors (Lipinski definition) is 6. The van der Waals surface area contributed by atoms with Gasteiger partial charge in [-0.05, 0) is 51.4 Å². The van der Waals surface area contributed by atoms with Gasteiger partial charge in [-0.1, -0.05) is 360 Å². The summed E-state index contributed by atoms with van der Waals surface area (Å²) < 4.78 is 16.9. The molecule has 1 unspecified atom stereocenters. The van der Waals surface area contributed by atoms with Crippen LogP contribution in [0.5, 0.6) is 0 Å². The van der Waals surface area contributed by atoms with Gasteiger partial charge in [-0.2, -0.15) is 0 Å². The molecule has 6 heteroatoms. The van der Waals surface area contributed by atoms with E-state index in [0.717, 1.165) is 64.2 Å². The highest BCUT2D eigenvalue weighted by molar-refractivity contribution is 5.71. The number of rotatable bonds is 67. The lowest BCUT2D eigenvalue weighted by Gasteiger charge is -2.18. The van der Waals surface area contributed by atoms with Crippen molar-refractivity contribution in [3.8, 4) is 0 Å². The zero-order chi connectivity index (χ0) is 57.1. The van der Waals surface area contributed by atoms with Gasteiger partial charge in [-0.3, -0.25) is 14.4 Å². The largest absolute Gasteiger partial charge is 0.462 e. The van der Waals surface area contributed by atoms with E-state index in [1.807, 2.05) is 0 Å². The first-order chi connectivity index (χ1) is 39.0. The first kappa shape index (κ1) is 76.9. The fraction of sp³-hybridized carbons (Fsp3) is 0.904. The Labute approximate surface area is 493 Å². The van der Waals surface area contributed by atoms with Crippen LogP contribution < -0.4 is 0 Å². The highest BCUT2D eigenvalue weighted by Crippen LogP contribution is 2.19. The van der Waals surface area contributed by atoms with Gasteiger partial charge in [0.05, 0.1) is 0 Å². The lowest BCUT2D eigenvalue weighted by Crippen LogP contribution is -2.30. The van der Waals surface area contributed by atoms with E-state index in [-0.39, 0.29) is 31.1 Å². The molecule has 0 aromatic carbocycles. The third-order valence-corrected chi connectivity index (χ3v) is 16.5. The smallest absolute Gasteiger partial charge is 0.306 e. The van der Waals surface area contributed by atoms with Crippen molar-refractivity contribution >= 4 is 17.9 Å². The van der Waals surface area contributed by atoms with Crippen molar-refractivity contribution in [2.75, 3.05) is 13.2 Å². The standard InChI is InChI=1S/C73H138O6/c1-4-7-10-13-16-18-20-22-24-26-28-30-32-33-34-35-36-37-38-39-41-42-44-46-48-50-52-54-57-60-63-66-72(75)78-69-70(68-77-71(74)65-62-59-56-15-12-9-6-3)79-73(76)67-64-61-58-55-53-51-49-47-45-43-40-31-29-27-25-23-21-19-17-14-11-8-5-2/h21,23,27,29,70H,4-20,22,24-26,28,30-69H2,1-3H3/b23-21-,29-27-. The van der Waals surface area contributed by atoms with Crippen LogP contribution in [0.2, 0.25) is 0 Å². The first-order valence-corrected chi connectivity index (χ1v) is 35.8. The number of esters is 3. The summed E-state index contributed by atoms with van der Waals surface area (Å²) in [6.45, 7) is 6.66. The highest BCUT2D eigenvalue weighted by atomic mass is 16.6. The number of allylic oxidation sites excluding steroid dienone is 4. The van der Waals surface area contributed by atoms with Crippen LogP contribution in [-0.4, -0.2) is 37.2 Å². The molecular formula is C73H138O6. The predicted octanol–water partition coefficient (Wildman–Crippen LogP) is 24.6. The molecule has 466 valence electrons. The second-order valence-electron chi connectivity index (χ2n) is 24.5. The van der Waals surface area contributed by atoms with Crippen molar-refractivity contribution in [2.45, 2.75) is 412 Å². The van der Waals surface area contributed by atoms with Crippen LogP contribution in [0.25, 0.3) is 0 Å². The van der Waals surface area contributed by atoms with E-state index in [1.165, 1.54) is 302 Å². The van der Waals surface area contributed by atoms with Crippen LogP contribution >= 0.6 is 0 Å². The van der Waals surface area contributed by atoms with E-state index in [9.17, 15) is 14.4 Å². The van der Waals surface area contributed by atoms with Gasteiger partial charge >= 0.3 is 17.9 Å². The maximum absolute atomic E-state index is 12.9. The van der Waals surface area contributed by atoms with Crippen molar-refractivity contribution in [1.29, 1.82) is 0 Å². The van der Waals surface area contributed by atoms with E-state index in [0.29, 0.717) is 19.3 Å². The molecule has 0 fully saturated rings. The molecule has 0 aliphatic carbocycles. The monoisotopic (exact) mass is 1110 g/mol. The predicted molar refractivity (Wildman–Crippen MR) is 344 cm³/mol. The van der Waals surface area contributed by atoms with Crippen LogP contribution in [0.1, 0.15) is 406 Å². The molecule has 0 saturated carbocycles. The summed E-state index contributed by atoms with van der Waals surface area (Å²) in [7, 11) is 0. The normalized spacial score (nSPS) is 12.1. The molecule has 0 saturated heterocycles. The molecule has 0 heterocycles. The average molecular weight is 1110 g/mol. The summed E-state index contributed by atoms with van der Waals surface area (Å²) in [5, 5.41) is 0. The Hall–Kier alpha value is -2.11. The Morgan fingerprint density at radius 2 is 0.456 bits per heavy atom. The summed E-state index contributed by atoms with van der Waals surface area (Å²) in [4.78, 5) is 38.2. The number of carbonyl (C=O) groups excluding carboxylic acids is 3. The second kappa shape index (κ2) is 68.4. The molecule has 0 aromatic rings. The van der Waals surface area contributed by atoms with Gasteiger partial charge in [0.25, 0.3) is 0 Å². The Kier molecular flexibility index (Phi) is 66.6. The van der Waals surface area contributed by atoms with E-state index in [4.69, 9.17) is 14.2 Å². The lowest BCUT2D eigenvalue weighted by atomic mass is 10.0. The summed E-state index contributed by atoms with van der Waals surface area (Å²) in [6, 6.07) is 0. The van der Waals surface area contributed by atoms with Crippen molar-refractivity contribution in [2.24, 2.45) is 0 Å². The van der Waals surface area contributed by atoms with Gasteiger partial charge in [-0.15, -0.1) is 0 Å². The Morgan fingerprint density at radius 3 is 0.696 bits per heavy atom. The lowest BCUT2D eigenvalue weighted by molar-refractivity contribution is -0.167. The van der Waals surface area contributed by atoms with Crippen LogP contribution in [0.15, 0.2) is 24.3 Å². The minimum atomic E-state index is -0.767. The number of unbranched alkanes of at least 4 members (excludes halogenated alkanes) is 52. The van der Waals surface area contributed by atoms with Gasteiger partial charge in [0.1, 0.15) is 13.2 Å². The van der Waals surface area contributed by atoms with Crippen LogP contribution in [0.3, 0.4) is 0 Å². The maximum Gasteiger partial charge on any atom is 0.306 e. The minimum Gasteiger partial charge on any atom is -0.462 e. The maximum atomic E-state index is 12.9. The van der Waals surface area contributed by atoms with Gasteiger partial charge in [0, 0.05) is 19.3 Å². The molecule has 0 amide bonds. The van der Waals surface area contributed by atoms with E-state index in [2.05, 4.69) is 45.1 Å². The van der Waals surface area contributed by atoms with E-state index < -0.39 is 6.10 Å². The van der Waals surface area contributed by atoms with Gasteiger partial charge in [0.2, 0.25) is 0 Å². The van der Waals surface area contributed by atoms with Crippen molar-refractivity contribution in [3.05, 3.63) is 24.3 Å². The van der Waals surface area contributed by atoms with Crippen molar-refractivity contribution in [1.82, 2.24) is 0 Å². The zero-order valence-corrected chi connectivity index (χ0v) is 53.7. The molecule has 0 aliphatic rings. The van der Waals surface area contributed by atoms with E-state index >= 15 is 0 Å². The molecule has 0 radical (unpaired) electrons. The second-order valence-corrected chi connectivity index (χ2v) is 24.5. The third kappa shape index (κ3) is 66.6. The van der Waals surface area contributed by atoms with Crippen LogP contribution in [-0.2, 0) is 28.6 Å². The minimum absolute atomic E-state index is 0.0663. The summed E-state index contributed by atoms with van der Waals surface area (Å²) in [5.41, 5.74) is 0. The quantitative estimate of drug-likeness (QED) is 0.0261. The summed E-state index contributed by atoms with van der Waals surface area (Å²) in [6.07, 6.45) is 84.0. The van der Waals surface area contributed by atoms with E-state index in [1.54, 1.807) is 0 Å². The fourth-order valence-electron chi connectivity index (χ4n) is 11.1. The Bertz CT molecular complexity index is 1270. The number of ether oxygens (including phenoxy) is 3. The van der Waals surface area contributed by atoms with Crippen molar-refractivity contribution in [3.63, 3.8) is 0 Å². The molecular weight excluding hydrogens is 973 g/mol. The van der Waals surface area contributed by atoms with Crippen LogP contribution in [0.4, 0.5) is 0 Å². The molecule has 0 aliphatic heterocycles. The molecule has 6 nitrogen and oxygen atoms in total. The van der Waals surface area contributed by atoms with Gasteiger partial charge < -0.3 is 14.2 Å². The first-order valence-electron chi connectivity index (χ1n) is 35.8. The third-order valence-electron chi connectivity index (χ3n) is 16.5. The average Bonchev–Trinajstić information content (AvgIpc) is 3.45. The Morgan fingerprint density at radius 1 is 0.253 bits per heavy atom. The summed E-state index contributed by atoms with van der Waals surface area (Å²) in [5.74, 6) is -0.847.